The van der Waals surface area contributed by atoms with E-state index >= 15 is 0 Å². The summed E-state index contributed by atoms with van der Waals surface area (Å²) in [6, 6.07) is 1.68. The largest absolute Gasteiger partial charge is 0.317 e. The molecule has 0 aromatic rings. The second kappa shape index (κ2) is 7.49. The minimum atomic E-state index is 0.733. The molecule has 1 N–H and O–H groups in total. The normalized spacial score (nSPS) is 31.0. The van der Waals surface area contributed by atoms with Crippen LogP contribution in [0.5, 0.6) is 0 Å². The summed E-state index contributed by atoms with van der Waals surface area (Å²) in [6.45, 7) is 5.01. The van der Waals surface area contributed by atoms with Gasteiger partial charge in [0, 0.05) is 12.1 Å². The highest BCUT2D eigenvalue weighted by atomic mass is 15.2. The first-order valence-corrected chi connectivity index (χ1v) is 8.26. The molecule has 1 unspecified atom stereocenters. The van der Waals surface area contributed by atoms with Gasteiger partial charge in [0.25, 0.3) is 0 Å². The lowest BCUT2D eigenvalue weighted by atomic mass is 9.78. The van der Waals surface area contributed by atoms with Crippen molar-refractivity contribution < 1.29 is 0 Å². The van der Waals surface area contributed by atoms with Gasteiger partial charge in [-0.25, -0.2) is 0 Å². The first kappa shape index (κ1) is 14.3. The van der Waals surface area contributed by atoms with Crippen LogP contribution in [0.2, 0.25) is 0 Å². The number of rotatable bonds is 6. The van der Waals surface area contributed by atoms with Gasteiger partial charge in [-0.1, -0.05) is 19.8 Å². The lowest BCUT2D eigenvalue weighted by Gasteiger charge is -2.44. The minimum Gasteiger partial charge on any atom is -0.317 e. The first-order valence-electron chi connectivity index (χ1n) is 8.26. The Hall–Kier alpha value is -0.0800. The predicted molar refractivity (Wildman–Crippen MR) is 78.9 cm³/mol. The van der Waals surface area contributed by atoms with Gasteiger partial charge in [0.05, 0.1) is 0 Å². The van der Waals surface area contributed by atoms with Crippen molar-refractivity contribution in [2.75, 3.05) is 20.1 Å². The molecule has 1 aliphatic carbocycles. The summed E-state index contributed by atoms with van der Waals surface area (Å²) >= 11 is 0. The lowest BCUT2D eigenvalue weighted by Crippen LogP contribution is -2.47. The number of likely N-dealkylation sites (tertiary alicyclic amines) is 1. The topological polar surface area (TPSA) is 15.3 Å². The summed E-state index contributed by atoms with van der Waals surface area (Å²) in [5.41, 5.74) is 0. The molecule has 2 nitrogen and oxygen atoms in total. The van der Waals surface area contributed by atoms with Crippen LogP contribution in [-0.2, 0) is 0 Å². The maximum Gasteiger partial charge on any atom is 0.0123 e. The van der Waals surface area contributed by atoms with E-state index in [0.717, 1.165) is 18.0 Å². The van der Waals surface area contributed by atoms with E-state index in [-0.39, 0.29) is 0 Å². The molecule has 18 heavy (non-hydrogen) atoms. The van der Waals surface area contributed by atoms with Gasteiger partial charge in [0.2, 0.25) is 0 Å². The van der Waals surface area contributed by atoms with E-state index in [2.05, 4.69) is 24.2 Å². The van der Waals surface area contributed by atoms with Crippen molar-refractivity contribution in [3.05, 3.63) is 0 Å². The van der Waals surface area contributed by atoms with Crippen molar-refractivity contribution in [3.63, 3.8) is 0 Å². The van der Waals surface area contributed by atoms with Gasteiger partial charge in [-0.2, -0.15) is 0 Å². The number of hydrogen-bond donors (Lipinski definition) is 1. The summed E-state index contributed by atoms with van der Waals surface area (Å²) in [7, 11) is 2.10. The number of nitrogens with zero attached hydrogens (tertiary/aromatic N) is 1. The molecule has 1 heterocycles. The van der Waals surface area contributed by atoms with Crippen LogP contribution in [-0.4, -0.2) is 37.1 Å². The molecule has 0 aromatic carbocycles. The van der Waals surface area contributed by atoms with Crippen molar-refractivity contribution in [3.8, 4) is 0 Å². The Kier molecular flexibility index (Phi) is 5.97. The van der Waals surface area contributed by atoms with Gasteiger partial charge in [-0.15, -0.1) is 0 Å². The fourth-order valence-corrected chi connectivity index (χ4v) is 4.10. The Morgan fingerprint density at radius 2 is 1.94 bits per heavy atom. The molecule has 1 aliphatic heterocycles. The molecule has 3 atom stereocenters. The third-order valence-electron chi connectivity index (χ3n) is 5.26. The van der Waals surface area contributed by atoms with Gasteiger partial charge in [0.1, 0.15) is 0 Å². The van der Waals surface area contributed by atoms with E-state index in [1.807, 2.05) is 0 Å². The number of hydrogen-bond acceptors (Lipinski definition) is 2. The maximum absolute atomic E-state index is 3.43. The van der Waals surface area contributed by atoms with E-state index in [1.165, 1.54) is 70.9 Å². The third kappa shape index (κ3) is 3.71. The molecule has 2 heteroatoms. The first-order chi connectivity index (χ1) is 8.85. The van der Waals surface area contributed by atoms with Gasteiger partial charge in [-0.05, 0) is 71.0 Å². The van der Waals surface area contributed by atoms with Crippen LogP contribution >= 0.6 is 0 Å². The van der Waals surface area contributed by atoms with Crippen LogP contribution in [0, 0.1) is 5.92 Å². The Morgan fingerprint density at radius 1 is 1.17 bits per heavy atom. The molecule has 0 aromatic heterocycles. The highest BCUT2D eigenvalue weighted by Gasteiger charge is 2.32. The van der Waals surface area contributed by atoms with Crippen molar-refractivity contribution in [2.45, 2.75) is 76.8 Å². The summed E-state index contributed by atoms with van der Waals surface area (Å²) in [5.74, 6) is 1.04. The third-order valence-corrected chi connectivity index (χ3v) is 5.26. The summed E-state index contributed by atoms with van der Waals surface area (Å²) in [5, 5.41) is 3.43. The zero-order chi connectivity index (χ0) is 12.8. The number of nitrogens with one attached hydrogen (secondary N) is 1. The highest BCUT2D eigenvalue weighted by Crippen LogP contribution is 2.35. The van der Waals surface area contributed by atoms with E-state index in [0.29, 0.717) is 0 Å². The molecule has 2 rings (SSSR count). The molecule has 0 radical (unpaired) electrons. The summed E-state index contributed by atoms with van der Waals surface area (Å²) < 4.78 is 0. The van der Waals surface area contributed by atoms with Crippen LogP contribution in [0.4, 0.5) is 0 Å². The van der Waals surface area contributed by atoms with Crippen LogP contribution in [0.1, 0.15) is 64.7 Å². The molecule has 106 valence electrons. The molecular formula is C16H32N2. The van der Waals surface area contributed by atoms with Crippen LogP contribution in [0.15, 0.2) is 0 Å². The van der Waals surface area contributed by atoms with Crippen molar-refractivity contribution >= 4 is 0 Å². The summed E-state index contributed by atoms with van der Waals surface area (Å²) in [6.07, 6.45) is 12.9. The SMILES string of the molecule is CCC(CCCN1CCC[C@H]2CCCC[C@H]21)NC. The van der Waals surface area contributed by atoms with Crippen molar-refractivity contribution in [1.82, 2.24) is 10.2 Å². The van der Waals surface area contributed by atoms with Gasteiger partial charge < -0.3 is 10.2 Å². The van der Waals surface area contributed by atoms with Gasteiger partial charge >= 0.3 is 0 Å². The average molecular weight is 252 g/mol. The average Bonchev–Trinajstić information content (AvgIpc) is 2.44. The van der Waals surface area contributed by atoms with Crippen molar-refractivity contribution in [2.24, 2.45) is 5.92 Å². The Morgan fingerprint density at radius 3 is 2.72 bits per heavy atom. The van der Waals surface area contributed by atoms with Gasteiger partial charge in [0.15, 0.2) is 0 Å². The summed E-state index contributed by atoms with van der Waals surface area (Å²) in [4.78, 5) is 2.83. The van der Waals surface area contributed by atoms with Crippen LogP contribution in [0.25, 0.3) is 0 Å². The monoisotopic (exact) mass is 252 g/mol. The molecule has 1 saturated carbocycles. The Labute approximate surface area is 114 Å². The smallest absolute Gasteiger partial charge is 0.0123 e. The van der Waals surface area contributed by atoms with Crippen LogP contribution < -0.4 is 5.32 Å². The molecule has 2 fully saturated rings. The van der Waals surface area contributed by atoms with Gasteiger partial charge in [-0.3, -0.25) is 0 Å². The molecule has 0 bridgehead atoms. The zero-order valence-electron chi connectivity index (χ0n) is 12.5. The molecule has 1 saturated heterocycles. The number of piperidine rings is 1. The Bertz CT molecular complexity index is 223. The molecule has 0 spiro atoms. The van der Waals surface area contributed by atoms with Crippen molar-refractivity contribution in [1.29, 1.82) is 0 Å². The van der Waals surface area contributed by atoms with E-state index in [9.17, 15) is 0 Å². The fraction of sp³-hybridized carbons (Fsp3) is 1.00. The second-order valence-corrected chi connectivity index (χ2v) is 6.33. The molecule has 0 amide bonds. The molecule has 2 aliphatic rings. The zero-order valence-corrected chi connectivity index (χ0v) is 12.5. The van der Waals surface area contributed by atoms with E-state index < -0.39 is 0 Å². The standard InChI is InChI=1S/C16H32N2/c1-3-15(17-2)10-7-13-18-12-6-9-14-8-4-5-11-16(14)18/h14-17H,3-13H2,1-2H3/t14-,15?,16-/m1/s1. The van der Waals surface area contributed by atoms with E-state index in [1.54, 1.807) is 0 Å². The fourth-order valence-electron chi connectivity index (χ4n) is 4.10. The highest BCUT2D eigenvalue weighted by molar-refractivity contribution is 4.87. The van der Waals surface area contributed by atoms with Crippen LogP contribution in [0.3, 0.4) is 0 Å². The Balaban J connectivity index is 1.73. The number of fused-ring (bicyclic) bond motifs is 1. The predicted octanol–water partition coefficient (Wildman–Crippen LogP) is 3.42. The molecular weight excluding hydrogens is 220 g/mol. The lowest BCUT2D eigenvalue weighted by molar-refractivity contribution is 0.0590. The second-order valence-electron chi connectivity index (χ2n) is 6.33. The minimum absolute atomic E-state index is 0.733. The maximum atomic E-state index is 3.43. The quantitative estimate of drug-likeness (QED) is 0.779. The van der Waals surface area contributed by atoms with E-state index in [4.69, 9.17) is 0 Å².